The summed E-state index contributed by atoms with van der Waals surface area (Å²) in [5.74, 6) is -0.342. The van der Waals surface area contributed by atoms with Crippen LogP contribution in [0.2, 0.25) is 5.02 Å². The van der Waals surface area contributed by atoms with E-state index in [1.165, 1.54) is 12.1 Å². The maximum absolute atomic E-state index is 12.8. The van der Waals surface area contributed by atoms with Crippen LogP contribution in [0, 0.1) is 0 Å². The lowest BCUT2D eigenvalue weighted by Gasteiger charge is -2.36. The number of hydrogen-bond acceptors (Lipinski definition) is 5. The first kappa shape index (κ1) is 19.8. The van der Waals surface area contributed by atoms with E-state index in [9.17, 15) is 13.2 Å². The van der Waals surface area contributed by atoms with Crippen molar-refractivity contribution < 1.29 is 17.6 Å². The van der Waals surface area contributed by atoms with Gasteiger partial charge in [-0.05, 0) is 23.8 Å². The highest BCUT2D eigenvalue weighted by Crippen LogP contribution is 2.30. The molecule has 0 radical (unpaired) electrons. The van der Waals surface area contributed by atoms with Crippen molar-refractivity contribution in [3.05, 3.63) is 52.7 Å². The van der Waals surface area contributed by atoms with E-state index >= 15 is 0 Å². The average Bonchev–Trinajstić information content (AvgIpc) is 3.05. The Labute approximate surface area is 157 Å². The van der Waals surface area contributed by atoms with Gasteiger partial charge >= 0.3 is 0 Å². The van der Waals surface area contributed by atoms with Crippen LogP contribution in [0.25, 0.3) is 0 Å². The van der Waals surface area contributed by atoms with Crippen molar-refractivity contribution in [2.75, 3.05) is 25.9 Å². The number of nitrogens with one attached hydrogen (secondary N) is 1. The van der Waals surface area contributed by atoms with Crippen molar-refractivity contribution in [3.8, 4) is 0 Å². The molecule has 0 aliphatic carbocycles. The van der Waals surface area contributed by atoms with Gasteiger partial charge < -0.3 is 14.6 Å². The molecule has 3 rings (SSSR count). The molecule has 1 fully saturated rings. The number of nitrogens with zero attached hydrogens (tertiary/aromatic N) is 1. The van der Waals surface area contributed by atoms with Crippen LogP contribution >= 0.6 is 24.0 Å². The number of benzene rings is 1. The third-order valence-electron chi connectivity index (χ3n) is 3.93. The highest BCUT2D eigenvalue weighted by molar-refractivity contribution is 7.90. The Morgan fingerprint density at radius 1 is 1.28 bits per heavy atom. The zero-order valence-corrected chi connectivity index (χ0v) is 15.8. The summed E-state index contributed by atoms with van der Waals surface area (Å²) in [7, 11) is -3.49. The van der Waals surface area contributed by atoms with E-state index in [2.05, 4.69) is 5.32 Å². The summed E-state index contributed by atoms with van der Waals surface area (Å²) < 4.78 is 28.3. The molecule has 0 bridgehead atoms. The molecule has 1 aromatic carbocycles. The zero-order chi connectivity index (χ0) is 17.3. The minimum Gasteiger partial charge on any atom is -0.440 e. The molecule has 0 saturated carbocycles. The molecule has 25 heavy (non-hydrogen) atoms. The van der Waals surface area contributed by atoms with E-state index < -0.39 is 9.84 Å². The molecule has 2 heterocycles. The summed E-state index contributed by atoms with van der Waals surface area (Å²) in [6, 6.07) is 9.81. The van der Waals surface area contributed by atoms with Gasteiger partial charge in [-0.3, -0.25) is 4.79 Å². The third-order valence-corrected chi connectivity index (χ3v) is 5.22. The number of piperazine rings is 1. The number of amides is 1. The number of rotatable bonds is 3. The Balaban J connectivity index is 0.00000225. The monoisotopic (exact) mass is 404 g/mol. The Kier molecular flexibility index (Phi) is 6.16. The molecule has 6 nitrogen and oxygen atoms in total. The Morgan fingerprint density at radius 3 is 2.64 bits per heavy atom. The number of carbonyl (C=O) groups excluding carboxylic acids is 1. The first-order valence-corrected chi connectivity index (χ1v) is 9.71. The second kappa shape index (κ2) is 7.78. The van der Waals surface area contributed by atoms with Crippen molar-refractivity contribution in [3.63, 3.8) is 0 Å². The molecule has 1 atom stereocenters. The fraction of sp³-hybridized carbons (Fsp3) is 0.312. The summed E-state index contributed by atoms with van der Waals surface area (Å²) >= 11 is 6.27. The molecular weight excluding hydrogens is 387 g/mol. The predicted octanol–water partition coefficient (Wildman–Crippen LogP) is 2.55. The maximum atomic E-state index is 12.8. The van der Waals surface area contributed by atoms with Gasteiger partial charge in [-0.25, -0.2) is 8.42 Å². The van der Waals surface area contributed by atoms with Crippen LogP contribution in [0.4, 0.5) is 0 Å². The number of carbonyl (C=O) groups is 1. The van der Waals surface area contributed by atoms with Crippen molar-refractivity contribution >= 4 is 39.8 Å². The molecule has 1 N–H and O–H groups in total. The molecule has 0 spiro atoms. The van der Waals surface area contributed by atoms with Crippen molar-refractivity contribution in [2.24, 2.45) is 0 Å². The van der Waals surface area contributed by atoms with Gasteiger partial charge in [0, 0.05) is 30.9 Å². The lowest BCUT2D eigenvalue weighted by molar-refractivity contribution is 0.0596. The largest absolute Gasteiger partial charge is 0.440 e. The number of hydrogen-bond donors (Lipinski definition) is 1. The van der Waals surface area contributed by atoms with E-state index in [-0.39, 0.29) is 35.2 Å². The lowest BCUT2D eigenvalue weighted by Crippen LogP contribution is -2.48. The van der Waals surface area contributed by atoms with Gasteiger partial charge in [0.25, 0.3) is 5.91 Å². The van der Waals surface area contributed by atoms with Gasteiger partial charge in [-0.2, -0.15) is 0 Å². The van der Waals surface area contributed by atoms with Crippen molar-refractivity contribution in [2.45, 2.75) is 11.1 Å². The van der Waals surface area contributed by atoms with E-state index in [0.29, 0.717) is 24.7 Å². The quantitative estimate of drug-likeness (QED) is 0.849. The smallest absolute Gasteiger partial charge is 0.290 e. The Morgan fingerprint density at radius 2 is 2.00 bits per heavy atom. The van der Waals surface area contributed by atoms with Crippen LogP contribution in [0.15, 0.2) is 45.9 Å². The highest BCUT2D eigenvalue weighted by Gasteiger charge is 2.31. The first-order valence-electron chi connectivity index (χ1n) is 7.44. The van der Waals surface area contributed by atoms with Gasteiger partial charge in [-0.1, -0.05) is 29.8 Å². The van der Waals surface area contributed by atoms with E-state index in [0.717, 1.165) is 11.8 Å². The number of sulfone groups is 1. The van der Waals surface area contributed by atoms with Crippen LogP contribution in [0.1, 0.15) is 22.2 Å². The minimum atomic E-state index is -3.49. The lowest BCUT2D eigenvalue weighted by atomic mass is 10.0. The SMILES string of the molecule is CS(=O)(=O)c1ccc(C(=O)N2CCNCC2c2ccccc2Cl)o1.Cl. The molecule has 1 aliphatic heterocycles. The fourth-order valence-corrected chi connectivity index (χ4v) is 3.56. The molecule has 1 amide bonds. The van der Waals surface area contributed by atoms with Gasteiger partial charge in [-0.15, -0.1) is 12.4 Å². The number of halogens is 2. The molecular formula is C16H18Cl2N2O4S. The van der Waals surface area contributed by atoms with Gasteiger partial charge in [0.15, 0.2) is 5.76 Å². The second-order valence-electron chi connectivity index (χ2n) is 5.63. The van der Waals surface area contributed by atoms with Crippen LogP contribution < -0.4 is 5.32 Å². The van der Waals surface area contributed by atoms with Crippen LogP contribution in [0.3, 0.4) is 0 Å². The average molecular weight is 405 g/mol. The molecule has 1 saturated heterocycles. The van der Waals surface area contributed by atoms with Gasteiger partial charge in [0.2, 0.25) is 14.9 Å². The summed E-state index contributed by atoms with van der Waals surface area (Å²) in [5.41, 5.74) is 0.842. The second-order valence-corrected chi connectivity index (χ2v) is 7.98. The maximum Gasteiger partial charge on any atom is 0.290 e. The summed E-state index contributed by atoms with van der Waals surface area (Å²) in [6.07, 6.45) is 1.04. The van der Waals surface area contributed by atoms with Crippen molar-refractivity contribution in [1.82, 2.24) is 10.2 Å². The minimum absolute atomic E-state index is 0. The summed E-state index contributed by atoms with van der Waals surface area (Å²) in [4.78, 5) is 14.5. The predicted molar refractivity (Wildman–Crippen MR) is 97.2 cm³/mol. The van der Waals surface area contributed by atoms with Crippen molar-refractivity contribution in [1.29, 1.82) is 0 Å². The summed E-state index contributed by atoms with van der Waals surface area (Å²) in [6.45, 7) is 1.69. The Bertz CT molecular complexity index is 867. The topological polar surface area (TPSA) is 79.6 Å². The van der Waals surface area contributed by atoms with E-state index in [4.69, 9.17) is 16.0 Å². The Hall–Kier alpha value is -1.54. The number of furan rings is 1. The molecule has 136 valence electrons. The van der Waals surface area contributed by atoms with E-state index in [1.807, 2.05) is 18.2 Å². The third kappa shape index (κ3) is 4.17. The molecule has 2 aromatic rings. The van der Waals surface area contributed by atoms with Crippen LogP contribution in [-0.2, 0) is 9.84 Å². The highest BCUT2D eigenvalue weighted by atomic mass is 35.5. The first-order chi connectivity index (χ1) is 11.4. The summed E-state index contributed by atoms with van der Waals surface area (Å²) in [5, 5.41) is 3.62. The molecule has 9 heteroatoms. The van der Waals surface area contributed by atoms with Crippen LogP contribution in [-0.4, -0.2) is 45.1 Å². The van der Waals surface area contributed by atoms with Gasteiger partial charge in [0.1, 0.15) is 0 Å². The van der Waals surface area contributed by atoms with Gasteiger partial charge in [0.05, 0.1) is 6.04 Å². The molecule has 1 aromatic heterocycles. The van der Waals surface area contributed by atoms with E-state index in [1.54, 1.807) is 11.0 Å². The standard InChI is InChI=1S/C16H17ClN2O4S.ClH/c1-24(21,22)15-7-6-14(23-15)16(20)19-9-8-18-10-13(19)11-4-2-3-5-12(11)17;/h2-7,13,18H,8-10H2,1H3;1H. The van der Waals surface area contributed by atoms with Crippen LogP contribution in [0.5, 0.6) is 0 Å². The normalized spacial score (nSPS) is 17.8. The zero-order valence-electron chi connectivity index (χ0n) is 13.4. The fourth-order valence-electron chi connectivity index (χ4n) is 2.75. The molecule has 1 aliphatic rings. The molecule has 1 unspecified atom stereocenters.